The summed E-state index contributed by atoms with van der Waals surface area (Å²) in [6.07, 6.45) is 2.73. The minimum absolute atomic E-state index is 0.321. The van der Waals surface area contributed by atoms with Crippen molar-refractivity contribution in [2.24, 2.45) is 0 Å². The Morgan fingerprint density at radius 3 is 2.50 bits per heavy atom. The summed E-state index contributed by atoms with van der Waals surface area (Å²) >= 11 is 0. The zero-order valence-electron chi connectivity index (χ0n) is 9.73. The normalized spacial score (nSPS) is 12.6. The molecule has 0 amide bonds. The third kappa shape index (κ3) is 2.34. The average Bonchev–Trinajstić information content (AvgIpc) is 2.74. The Labute approximate surface area is 96.3 Å². The molecule has 2 rings (SSSR count). The van der Waals surface area contributed by atoms with Crippen LogP contribution in [0.15, 0.2) is 47.1 Å². The fourth-order valence-corrected chi connectivity index (χ4v) is 1.97. The van der Waals surface area contributed by atoms with Crippen LogP contribution in [0.25, 0.3) is 0 Å². The molecule has 0 fully saturated rings. The Balaban J connectivity index is 2.16. The predicted molar refractivity (Wildman–Crippen MR) is 65.4 cm³/mol. The van der Waals surface area contributed by atoms with Gasteiger partial charge in [-0.3, -0.25) is 0 Å². The number of likely N-dealkylation sites (N-methyl/N-ethyl adjacent to an activating group) is 1. The summed E-state index contributed by atoms with van der Waals surface area (Å²) in [5.41, 5.74) is 2.58. The van der Waals surface area contributed by atoms with Gasteiger partial charge in [0.1, 0.15) is 5.76 Å². The Morgan fingerprint density at radius 2 is 1.94 bits per heavy atom. The van der Waals surface area contributed by atoms with Crippen LogP contribution < -0.4 is 5.32 Å². The van der Waals surface area contributed by atoms with E-state index in [1.807, 2.05) is 26.1 Å². The van der Waals surface area contributed by atoms with E-state index in [0.717, 1.165) is 12.2 Å². The molecule has 0 aliphatic heterocycles. The van der Waals surface area contributed by atoms with Gasteiger partial charge in [0.25, 0.3) is 0 Å². The summed E-state index contributed by atoms with van der Waals surface area (Å²) in [5.74, 6) is 0.996. The van der Waals surface area contributed by atoms with Crippen LogP contribution in [-0.2, 0) is 6.42 Å². The van der Waals surface area contributed by atoms with E-state index in [1.54, 1.807) is 6.26 Å². The molecule has 2 heteroatoms. The Bertz CT molecular complexity index is 433. The van der Waals surface area contributed by atoms with Crippen LogP contribution in [0, 0.1) is 6.92 Å². The molecule has 2 aromatic rings. The lowest BCUT2D eigenvalue weighted by atomic mass is 10.00. The van der Waals surface area contributed by atoms with Gasteiger partial charge in [-0.25, -0.2) is 0 Å². The smallest absolute Gasteiger partial charge is 0.105 e. The minimum atomic E-state index is 0.321. The van der Waals surface area contributed by atoms with Gasteiger partial charge in [-0.15, -0.1) is 0 Å². The zero-order valence-corrected chi connectivity index (χ0v) is 9.73. The van der Waals surface area contributed by atoms with Crippen molar-refractivity contribution in [2.45, 2.75) is 19.4 Å². The number of hydrogen-bond acceptors (Lipinski definition) is 2. The van der Waals surface area contributed by atoms with Gasteiger partial charge >= 0.3 is 0 Å². The van der Waals surface area contributed by atoms with Crippen molar-refractivity contribution < 1.29 is 4.42 Å². The van der Waals surface area contributed by atoms with Gasteiger partial charge in [-0.2, -0.15) is 0 Å². The van der Waals surface area contributed by atoms with Crippen molar-refractivity contribution in [3.05, 3.63) is 59.5 Å². The first kappa shape index (κ1) is 11.0. The van der Waals surface area contributed by atoms with Crippen LogP contribution in [0.3, 0.4) is 0 Å². The number of aryl methyl sites for hydroxylation is 1. The van der Waals surface area contributed by atoms with E-state index < -0.39 is 0 Å². The molecule has 1 unspecified atom stereocenters. The maximum absolute atomic E-state index is 5.34. The highest BCUT2D eigenvalue weighted by Gasteiger charge is 2.14. The molecule has 1 aromatic carbocycles. The molecule has 1 N–H and O–H groups in total. The quantitative estimate of drug-likeness (QED) is 0.847. The lowest BCUT2D eigenvalue weighted by molar-refractivity contribution is 0.512. The van der Waals surface area contributed by atoms with Gasteiger partial charge in [0, 0.05) is 11.6 Å². The van der Waals surface area contributed by atoms with Gasteiger partial charge in [0.15, 0.2) is 0 Å². The Morgan fingerprint density at radius 1 is 1.19 bits per heavy atom. The molecule has 0 saturated carbocycles. The Kier molecular flexibility index (Phi) is 3.42. The lowest BCUT2D eigenvalue weighted by Gasteiger charge is -2.15. The fraction of sp³-hybridized carbons (Fsp3) is 0.286. The zero-order chi connectivity index (χ0) is 11.4. The second kappa shape index (κ2) is 4.99. The predicted octanol–water partition coefficient (Wildman–Crippen LogP) is 3.09. The largest absolute Gasteiger partial charge is 0.469 e. The number of nitrogens with one attached hydrogen (secondary N) is 1. The summed E-state index contributed by atoms with van der Waals surface area (Å²) in [7, 11) is 1.99. The summed E-state index contributed by atoms with van der Waals surface area (Å²) in [5, 5.41) is 3.33. The summed E-state index contributed by atoms with van der Waals surface area (Å²) in [6, 6.07) is 12.9. The molecule has 0 aliphatic rings. The van der Waals surface area contributed by atoms with Crippen LogP contribution in [-0.4, -0.2) is 7.05 Å². The molecule has 1 aromatic heterocycles. The molecule has 0 spiro atoms. The molecule has 0 bridgehead atoms. The molecule has 84 valence electrons. The van der Waals surface area contributed by atoms with Gasteiger partial charge < -0.3 is 9.73 Å². The van der Waals surface area contributed by atoms with Crippen molar-refractivity contribution in [1.82, 2.24) is 5.32 Å². The molecule has 1 heterocycles. The summed E-state index contributed by atoms with van der Waals surface area (Å²) in [4.78, 5) is 0. The van der Waals surface area contributed by atoms with E-state index in [9.17, 15) is 0 Å². The third-order valence-corrected chi connectivity index (χ3v) is 2.91. The second-order valence-electron chi connectivity index (χ2n) is 3.96. The maximum Gasteiger partial charge on any atom is 0.105 e. The van der Waals surface area contributed by atoms with Crippen molar-refractivity contribution in [3.8, 4) is 0 Å². The highest BCUT2D eigenvalue weighted by molar-refractivity contribution is 5.24. The first-order valence-electron chi connectivity index (χ1n) is 5.56. The van der Waals surface area contributed by atoms with Crippen LogP contribution in [0.2, 0.25) is 0 Å². The first-order chi connectivity index (χ1) is 7.81. The molecular formula is C14H17NO. The second-order valence-corrected chi connectivity index (χ2v) is 3.96. The topological polar surface area (TPSA) is 25.2 Å². The standard InChI is InChI=1S/C14H17NO/c1-11-13(8-9-16-11)14(15-2)10-12-6-4-3-5-7-12/h3-9,14-15H,10H2,1-2H3. The van der Waals surface area contributed by atoms with Crippen LogP contribution in [0.4, 0.5) is 0 Å². The SMILES string of the molecule is CNC(Cc1ccccc1)c1ccoc1C. The fourth-order valence-electron chi connectivity index (χ4n) is 1.97. The van der Waals surface area contributed by atoms with E-state index in [-0.39, 0.29) is 0 Å². The van der Waals surface area contributed by atoms with E-state index in [2.05, 4.69) is 29.6 Å². The van der Waals surface area contributed by atoms with Gasteiger partial charge in [0.05, 0.1) is 6.26 Å². The van der Waals surface area contributed by atoms with Gasteiger partial charge in [0.2, 0.25) is 0 Å². The molecule has 0 aliphatic carbocycles. The van der Waals surface area contributed by atoms with Crippen molar-refractivity contribution in [3.63, 3.8) is 0 Å². The Hall–Kier alpha value is -1.54. The third-order valence-electron chi connectivity index (χ3n) is 2.91. The van der Waals surface area contributed by atoms with Crippen molar-refractivity contribution in [2.75, 3.05) is 7.05 Å². The van der Waals surface area contributed by atoms with Crippen LogP contribution >= 0.6 is 0 Å². The highest BCUT2D eigenvalue weighted by atomic mass is 16.3. The molecule has 0 saturated heterocycles. The molecular weight excluding hydrogens is 198 g/mol. The van der Waals surface area contributed by atoms with Crippen LogP contribution in [0.1, 0.15) is 22.9 Å². The first-order valence-corrected chi connectivity index (χ1v) is 5.56. The number of benzene rings is 1. The maximum atomic E-state index is 5.34. The van der Waals surface area contributed by atoms with Gasteiger partial charge in [-0.05, 0) is 32.0 Å². The summed E-state index contributed by atoms with van der Waals surface area (Å²) < 4.78 is 5.34. The van der Waals surface area contributed by atoms with Crippen molar-refractivity contribution >= 4 is 0 Å². The lowest BCUT2D eigenvalue weighted by Crippen LogP contribution is -2.18. The number of hydrogen-bond donors (Lipinski definition) is 1. The van der Waals surface area contributed by atoms with E-state index >= 15 is 0 Å². The average molecular weight is 215 g/mol. The van der Waals surface area contributed by atoms with Crippen LogP contribution in [0.5, 0.6) is 0 Å². The van der Waals surface area contributed by atoms with E-state index in [4.69, 9.17) is 4.42 Å². The van der Waals surface area contributed by atoms with E-state index in [0.29, 0.717) is 6.04 Å². The summed E-state index contributed by atoms with van der Waals surface area (Å²) in [6.45, 7) is 2.00. The van der Waals surface area contributed by atoms with E-state index in [1.165, 1.54) is 11.1 Å². The minimum Gasteiger partial charge on any atom is -0.469 e. The van der Waals surface area contributed by atoms with Gasteiger partial charge in [-0.1, -0.05) is 30.3 Å². The monoisotopic (exact) mass is 215 g/mol. The molecule has 16 heavy (non-hydrogen) atoms. The number of furan rings is 1. The van der Waals surface area contributed by atoms with Crippen molar-refractivity contribution in [1.29, 1.82) is 0 Å². The molecule has 0 radical (unpaired) electrons. The molecule has 1 atom stereocenters. The molecule has 2 nitrogen and oxygen atoms in total. The highest BCUT2D eigenvalue weighted by Crippen LogP contribution is 2.22. The number of rotatable bonds is 4.